The quantitative estimate of drug-likeness (QED) is 0.866. The number of carbonyl (C=O) groups excluding carboxylic acids is 1. The van der Waals surface area contributed by atoms with Crippen molar-refractivity contribution in [3.05, 3.63) is 17.5 Å². The first-order valence-electron chi connectivity index (χ1n) is 6.51. The molecule has 2 rings (SSSR count). The largest absolute Gasteiger partial charge is 0.356 e. The molecule has 1 amide bonds. The van der Waals surface area contributed by atoms with Gasteiger partial charge in [0.1, 0.15) is 0 Å². The Kier molecular flexibility index (Phi) is 3.82. The molecule has 1 fully saturated rings. The zero-order valence-corrected chi connectivity index (χ0v) is 10.7. The van der Waals surface area contributed by atoms with Crippen LogP contribution in [-0.4, -0.2) is 22.2 Å². The molecule has 0 aromatic carbocycles. The highest BCUT2D eigenvalue weighted by atomic mass is 16.1. The van der Waals surface area contributed by atoms with Gasteiger partial charge >= 0.3 is 0 Å². The lowest BCUT2D eigenvalue weighted by atomic mass is 9.97. The van der Waals surface area contributed by atoms with Gasteiger partial charge in [-0.05, 0) is 32.8 Å². The smallest absolute Gasteiger partial charge is 0.223 e. The minimum atomic E-state index is 0.124. The van der Waals surface area contributed by atoms with Crippen molar-refractivity contribution in [2.75, 3.05) is 6.54 Å². The van der Waals surface area contributed by atoms with Gasteiger partial charge in [-0.25, -0.2) is 0 Å². The normalized spacial score (nSPS) is 21.1. The molecule has 1 aliphatic rings. The predicted octanol–water partition coefficient (Wildman–Crippen LogP) is 1.67. The van der Waals surface area contributed by atoms with Gasteiger partial charge < -0.3 is 5.32 Å². The Morgan fingerprint density at radius 3 is 3.12 bits per heavy atom. The zero-order chi connectivity index (χ0) is 12.3. The monoisotopic (exact) mass is 235 g/mol. The number of aryl methyl sites for hydroxylation is 2. The second-order valence-corrected chi connectivity index (χ2v) is 4.78. The Bertz CT molecular complexity index is 397. The summed E-state index contributed by atoms with van der Waals surface area (Å²) in [7, 11) is 0. The van der Waals surface area contributed by atoms with Gasteiger partial charge in [0, 0.05) is 31.1 Å². The van der Waals surface area contributed by atoms with Crippen LogP contribution < -0.4 is 5.32 Å². The van der Waals surface area contributed by atoms with Crippen LogP contribution in [0, 0.1) is 12.8 Å². The molecule has 4 heteroatoms. The number of aromatic nitrogens is 2. The van der Waals surface area contributed by atoms with E-state index < -0.39 is 0 Å². The summed E-state index contributed by atoms with van der Waals surface area (Å²) in [5.41, 5.74) is 2.22. The average molecular weight is 235 g/mol. The fourth-order valence-corrected chi connectivity index (χ4v) is 2.49. The Labute approximate surface area is 102 Å². The fraction of sp³-hybridized carbons (Fsp3) is 0.692. The van der Waals surface area contributed by atoms with Crippen molar-refractivity contribution < 1.29 is 4.79 Å². The van der Waals surface area contributed by atoms with E-state index in [0.717, 1.165) is 44.5 Å². The average Bonchev–Trinajstić information content (AvgIpc) is 2.54. The Balaban J connectivity index is 2.10. The summed E-state index contributed by atoms with van der Waals surface area (Å²) in [5, 5.41) is 7.42. The molecule has 0 aliphatic carbocycles. The van der Waals surface area contributed by atoms with Crippen molar-refractivity contribution in [1.82, 2.24) is 15.1 Å². The first kappa shape index (κ1) is 12.1. The molecule has 94 valence electrons. The van der Waals surface area contributed by atoms with E-state index in [-0.39, 0.29) is 11.8 Å². The standard InChI is InChI=1S/C13H21N3O/c1-3-16-12(8-10(2)15-16)9-11-6-4-5-7-14-13(11)17/h8,11H,3-7,9H2,1-2H3,(H,14,17). The molecule has 1 aliphatic heterocycles. The van der Waals surface area contributed by atoms with Gasteiger partial charge in [0.05, 0.1) is 5.69 Å². The van der Waals surface area contributed by atoms with Crippen LogP contribution in [0.2, 0.25) is 0 Å². The maximum absolute atomic E-state index is 11.9. The van der Waals surface area contributed by atoms with E-state index in [9.17, 15) is 4.79 Å². The minimum absolute atomic E-state index is 0.124. The third-order valence-corrected chi connectivity index (χ3v) is 3.39. The van der Waals surface area contributed by atoms with Gasteiger partial charge in [-0.1, -0.05) is 6.42 Å². The molecule has 4 nitrogen and oxygen atoms in total. The number of amides is 1. The Hall–Kier alpha value is -1.32. The van der Waals surface area contributed by atoms with E-state index in [1.165, 1.54) is 5.69 Å². The van der Waals surface area contributed by atoms with Gasteiger partial charge in [-0.3, -0.25) is 9.48 Å². The van der Waals surface area contributed by atoms with Gasteiger partial charge in [0.2, 0.25) is 5.91 Å². The van der Waals surface area contributed by atoms with E-state index in [0.29, 0.717) is 0 Å². The third kappa shape index (κ3) is 2.87. The van der Waals surface area contributed by atoms with Gasteiger partial charge in [-0.2, -0.15) is 5.10 Å². The lowest BCUT2D eigenvalue weighted by molar-refractivity contribution is -0.124. The van der Waals surface area contributed by atoms with Crippen molar-refractivity contribution in [3.63, 3.8) is 0 Å². The molecular weight excluding hydrogens is 214 g/mol. The van der Waals surface area contributed by atoms with E-state index in [4.69, 9.17) is 0 Å². The number of rotatable bonds is 3. The van der Waals surface area contributed by atoms with E-state index in [2.05, 4.69) is 23.4 Å². The summed E-state index contributed by atoms with van der Waals surface area (Å²) in [6.45, 7) is 5.80. The molecule has 2 heterocycles. The molecule has 1 unspecified atom stereocenters. The Morgan fingerprint density at radius 1 is 1.53 bits per heavy atom. The summed E-state index contributed by atoms with van der Waals surface area (Å²) in [6, 6.07) is 2.10. The van der Waals surface area contributed by atoms with Crippen LogP contribution in [0.5, 0.6) is 0 Å². The predicted molar refractivity (Wildman–Crippen MR) is 66.7 cm³/mol. The molecule has 1 atom stereocenters. The second kappa shape index (κ2) is 5.34. The summed E-state index contributed by atoms with van der Waals surface area (Å²) in [6.07, 6.45) is 4.07. The molecule has 0 spiro atoms. The van der Waals surface area contributed by atoms with Crippen molar-refractivity contribution in [2.24, 2.45) is 5.92 Å². The molecule has 0 saturated carbocycles. The summed E-state index contributed by atoms with van der Waals surface area (Å²) < 4.78 is 2.01. The maximum atomic E-state index is 11.9. The first-order chi connectivity index (χ1) is 8.20. The molecule has 1 N–H and O–H groups in total. The van der Waals surface area contributed by atoms with Crippen LogP contribution in [0.15, 0.2) is 6.07 Å². The summed E-state index contributed by atoms with van der Waals surface area (Å²) >= 11 is 0. The SMILES string of the molecule is CCn1nc(C)cc1CC1CCCCNC1=O. The lowest BCUT2D eigenvalue weighted by Crippen LogP contribution is -2.30. The van der Waals surface area contributed by atoms with Crippen LogP contribution in [0.1, 0.15) is 37.6 Å². The number of hydrogen-bond donors (Lipinski definition) is 1. The van der Waals surface area contributed by atoms with Crippen LogP contribution in [0.4, 0.5) is 0 Å². The van der Waals surface area contributed by atoms with Crippen LogP contribution in [0.3, 0.4) is 0 Å². The fourth-order valence-electron chi connectivity index (χ4n) is 2.49. The van der Waals surface area contributed by atoms with Gasteiger partial charge in [0.15, 0.2) is 0 Å². The van der Waals surface area contributed by atoms with Crippen molar-refractivity contribution in [1.29, 1.82) is 0 Å². The molecule has 17 heavy (non-hydrogen) atoms. The van der Waals surface area contributed by atoms with E-state index >= 15 is 0 Å². The molecule has 1 aromatic heterocycles. The lowest BCUT2D eigenvalue weighted by Gasteiger charge is -2.13. The Morgan fingerprint density at radius 2 is 2.35 bits per heavy atom. The highest BCUT2D eigenvalue weighted by Gasteiger charge is 2.22. The van der Waals surface area contributed by atoms with E-state index in [1.54, 1.807) is 0 Å². The minimum Gasteiger partial charge on any atom is -0.356 e. The van der Waals surface area contributed by atoms with Crippen molar-refractivity contribution >= 4 is 5.91 Å². The van der Waals surface area contributed by atoms with Gasteiger partial charge in [-0.15, -0.1) is 0 Å². The summed E-state index contributed by atoms with van der Waals surface area (Å²) in [5.74, 6) is 0.336. The second-order valence-electron chi connectivity index (χ2n) is 4.78. The van der Waals surface area contributed by atoms with Crippen LogP contribution in [0.25, 0.3) is 0 Å². The molecule has 0 bridgehead atoms. The number of carbonyl (C=O) groups is 1. The molecule has 1 aromatic rings. The molecule has 1 saturated heterocycles. The van der Waals surface area contributed by atoms with Crippen LogP contribution in [-0.2, 0) is 17.8 Å². The zero-order valence-electron chi connectivity index (χ0n) is 10.7. The molecule has 0 radical (unpaired) electrons. The van der Waals surface area contributed by atoms with Crippen LogP contribution >= 0.6 is 0 Å². The topological polar surface area (TPSA) is 46.9 Å². The van der Waals surface area contributed by atoms with Crippen molar-refractivity contribution in [2.45, 2.75) is 46.1 Å². The third-order valence-electron chi connectivity index (χ3n) is 3.39. The number of nitrogens with one attached hydrogen (secondary N) is 1. The summed E-state index contributed by atoms with van der Waals surface area (Å²) in [4.78, 5) is 11.9. The number of hydrogen-bond acceptors (Lipinski definition) is 2. The van der Waals surface area contributed by atoms with Crippen molar-refractivity contribution in [3.8, 4) is 0 Å². The highest BCUT2D eigenvalue weighted by Crippen LogP contribution is 2.18. The number of nitrogens with zero attached hydrogens (tertiary/aromatic N) is 2. The highest BCUT2D eigenvalue weighted by molar-refractivity contribution is 5.79. The van der Waals surface area contributed by atoms with Gasteiger partial charge in [0.25, 0.3) is 0 Å². The maximum Gasteiger partial charge on any atom is 0.223 e. The first-order valence-corrected chi connectivity index (χ1v) is 6.51. The molecular formula is C13H21N3O. The van der Waals surface area contributed by atoms with E-state index in [1.807, 2.05) is 11.6 Å².